The number of amides is 3. The van der Waals surface area contributed by atoms with Crippen molar-refractivity contribution in [2.75, 3.05) is 18.5 Å². The van der Waals surface area contributed by atoms with Gasteiger partial charge in [0.15, 0.2) is 0 Å². The first-order valence-electron chi connectivity index (χ1n) is 12.9. The zero-order chi connectivity index (χ0) is 28.6. The fraction of sp³-hybridized carbons (Fsp3) is 0.483. The van der Waals surface area contributed by atoms with Gasteiger partial charge in [0.2, 0.25) is 5.91 Å². The van der Waals surface area contributed by atoms with Gasteiger partial charge in [0.25, 0.3) is 5.91 Å². The number of phenolic OH excluding ortho intramolecular Hbond substituents is 1. The second-order valence-electron chi connectivity index (χ2n) is 10.5. The van der Waals surface area contributed by atoms with E-state index in [1.165, 1.54) is 17.0 Å². The maximum atomic E-state index is 14.0. The molecular weight excluding hydrogens is 486 g/mol. The highest BCUT2D eigenvalue weighted by atomic mass is 16.6. The van der Waals surface area contributed by atoms with Gasteiger partial charge in [-0.2, -0.15) is 0 Å². The highest BCUT2D eigenvalue weighted by Gasteiger charge is 2.38. The molecule has 0 heterocycles. The van der Waals surface area contributed by atoms with Crippen LogP contribution in [0.4, 0.5) is 10.5 Å². The summed E-state index contributed by atoms with van der Waals surface area (Å²) in [5.74, 6) is -1.31. The van der Waals surface area contributed by atoms with Crippen molar-refractivity contribution in [1.82, 2.24) is 10.2 Å². The van der Waals surface area contributed by atoms with E-state index in [1.54, 1.807) is 32.9 Å². The van der Waals surface area contributed by atoms with E-state index in [2.05, 4.69) is 10.6 Å². The van der Waals surface area contributed by atoms with E-state index in [0.29, 0.717) is 17.7 Å². The van der Waals surface area contributed by atoms with Gasteiger partial charge < -0.3 is 30.5 Å². The van der Waals surface area contributed by atoms with Gasteiger partial charge in [-0.1, -0.05) is 50.6 Å². The van der Waals surface area contributed by atoms with Crippen molar-refractivity contribution < 1.29 is 29.3 Å². The van der Waals surface area contributed by atoms with Crippen molar-refractivity contribution in [2.45, 2.75) is 72.6 Å². The second-order valence-corrected chi connectivity index (χ2v) is 10.5. The monoisotopic (exact) mass is 527 g/mol. The predicted molar refractivity (Wildman–Crippen MR) is 147 cm³/mol. The molecule has 3 unspecified atom stereocenters. The predicted octanol–water partition coefficient (Wildman–Crippen LogP) is 4.45. The van der Waals surface area contributed by atoms with Crippen molar-refractivity contribution in [1.29, 1.82) is 0 Å². The topological polar surface area (TPSA) is 128 Å². The number of anilines is 1. The third-order valence-corrected chi connectivity index (χ3v) is 6.27. The summed E-state index contributed by atoms with van der Waals surface area (Å²) in [7, 11) is 0. The smallest absolute Gasteiger partial charge is 0.408 e. The maximum absolute atomic E-state index is 14.0. The molecule has 0 spiro atoms. The van der Waals surface area contributed by atoms with Crippen LogP contribution in [0.15, 0.2) is 42.5 Å². The Bertz CT molecular complexity index is 1090. The van der Waals surface area contributed by atoms with Gasteiger partial charge in [0.1, 0.15) is 23.4 Å². The molecule has 9 heteroatoms. The first-order valence-corrected chi connectivity index (χ1v) is 12.9. The van der Waals surface area contributed by atoms with Crippen molar-refractivity contribution >= 4 is 23.6 Å². The number of benzene rings is 2. The third kappa shape index (κ3) is 8.21. The van der Waals surface area contributed by atoms with Crippen molar-refractivity contribution in [3.63, 3.8) is 0 Å². The van der Waals surface area contributed by atoms with Gasteiger partial charge >= 0.3 is 6.09 Å². The Hall–Kier alpha value is -3.59. The van der Waals surface area contributed by atoms with Crippen LogP contribution in [0.3, 0.4) is 0 Å². The van der Waals surface area contributed by atoms with Crippen LogP contribution in [0, 0.1) is 19.8 Å². The lowest BCUT2D eigenvalue weighted by Gasteiger charge is -2.36. The molecule has 3 amide bonds. The number of para-hydroxylation sites is 1. The van der Waals surface area contributed by atoms with E-state index in [-0.39, 0.29) is 18.2 Å². The molecule has 0 aliphatic carbocycles. The first kappa shape index (κ1) is 30.6. The highest BCUT2D eigenvalue weighted by Crippen LogP contribution is 2.28. The van der Waals surface area contributed by atoms with Crippen LogP contribution in [0.5, 0.6) is 5.75 Å². The largest absolute Gasteiger partial charge is 0.508 e. The van der Waals surface area contributed by atoms with Crippen LogP contribution in [0.2, 0.25) is 0 Å². The number of ether oxygens (including phenoxy) is 1. The molecule has 0 aliphatic rings. The van der Waals surface area contributed by atoms with E-state index in [1.807, 2.05) is 45.9 Å². The number of rotatable bonds is 10. The minimum Gasteiger partial charge on any atom is -0.508 e. The number of carbonyl (C=O) groups excluding carboxylic acids is 3. The lowest BCUT2D eigenvalue weighted by atomic mass is 9.95. The zero-order valence-corrected chi connectivity index (χ0v) is 23.4. The third-order valence-electron chi connectivity index (χ3n) is 6.27. The molecule has 0 aliphatic heterocycles. The molecule has 0 fully saturated rings. The number of aliphatic hydroxyl groups is 1. The second kappa shape index (κ2) is 13.3. The van der Waals surface area contributed by atoms with Gasteiger partial charge in [-0.15, -0.1) is 0 Å². The number of hydrogen-bond donors (Lipinski definition) is 4. The molecule has 38 heavy (non-hydrogen) atoms. The first-order chi connectivity index (χ1) is 17.8. The molecule has 2 aromatic carbocycles. The summed E-state index contributed by atoms with van der Waals surface area (Å²) < 4.78 is 5.39. The average Bonchev–Trinajstić information content (AvgIpc) is 2.83. The molecule has 0 bridgehead atoms. The normalized spacial score (nSPS) is 13.7. The van der Waals surface area contributed by atoms with Crippen molar-refractivity contribution in [2.24, 2.45) is 5.92 Å². The molecule has 0 saturated carbocycles. The molecular formula is C29H41N3O6. The quantitative estimate of drug-likeness (QED) is 0.361. The molecule has 2 aromatic rings. The number of aliphatic hydroxyl groups excluding tert-OH is 1. The number of nitrogens with one attached hydrogen (secondary N) is 2. The van der Waals surface area contributed by atoms with Crippen LogP contribution in [-0.4, -0.2) is 57.8 Å². The number of hydrogen-bond acceptors (Lipinski definition) is 6. The summed E-state index contributed by atoms with van der Waals surface area (Å²) in [4.78, 5) is 41.8. The van der Waals surface area contributed by atoms with Crippen LogP contribution in [0.25, 0.3) is 0 Å². The number of nitrogens with zero attached hydrogens (tertiary/aromatic N) is 1. The van der Waals surface area contributed by atoms with Crippen LogP contribution < -0.4 is 10.6 Å². The lowest BCUT2D eigenvalue weighted by molar-refractivity contribution is -0.142. The molecule has 208 valence electrons. The maximum Gasteiger partial charge on any atom is 0.408 e. The molecule has 0 aromatic heterocycles. The Morgan fingerprint density at radius 1 is 1.03 bits per heavy atom. The highest BCUT2D eigenvalue weighted by molar-refractivity contribution is 6.00. The summed E-state index contributed by atoms with van der Waals surface area (Å²) in [5, 5.41) is 25.4. The Balaban J connectivity index is 2.55. The molecule has 4 N–H and O–H groups in total. The van der Waals surface area contributed by atoms with Gasteiger partial charge in [-0.3, -0.25) is 9.59 Å². The van der Waals surface area contributed by atoms with Gasteiger partial charge in [0, 0.05) is 12.2 Å². The summed E-state index contributed by atoms with van der Waals surface area (Å²) in [6.07, 6.45) is -0.182. The van der Waals surface area contributed by atoms with E-state index in [9.17, 15) is 24.6 Å². The van der Waals surface area contributed by atoms with Crippen molar-refractivity contribution in [3.8, 4) is 5.75 Å². The average molecular weight is 528 g/mol. The molecule has 2 rings (SSSR count). The fourth-order valence-electron chi connectivity index (χ4n) is 4.10. The molecule has 3 atom stereocenters. The van der Waals surface area contributed by atoms with E-state index in [0.717, 1.165) is 11.1 Å². The van der Waals surface area contributed by atoms with Crippen molar-refractivity contribution in [3.05, 3.63) is 59.2 Å². The summed E-state index contributed by atoms with van der Waals surface area (Å²) in [5.41, 5.74) is 2.01. The van der Waals surface area contributed by atoms with Crippen LogP contribution in [-0.2, 0) is 14.3 Å². The van der Waals surface area contributed by atoms with Crippen LogP contribution >= 0.6 is 0 Å². The summed E-state index contributed by atoms with van der Waals surface area (Å²) in [6, 6.07) is 9.46. The number of alkyl carbamates (subject to hydrolysis) is 1. The SMILES string of the molecule is CCC(C)C(NC(=O)OC(C)(C)C)C(=O)N(CCO)C(C(=O)Nc1c(C)cccc1C)c1ccc(O)cc1. The summed E-state index contributed by atoms with van der Waals surface area (Å²) in [6.45, 7) is 12.1. The number of aryl methyl sites for hydroxylation is 2. The lowest BCUT2D eigenvalue weighted by Crippen LogP contribution is -2.55. The standard InChI is InChI=1S/C29H41N3O6/c1-8-18(2)24(31-28(37)38-29(5,6)7)27(36)32(16-17-33)25(21-12-14-22(34)15-13-21)26(35)30-23-19(3)10-9-11-20(23)4/h9-15,18,24-25,33-34H,8,16-17H2,1-7H3,(H,30,35)(H,31,37). The van der Waals surface area contributed by atoms with Crippen LogP contribution in [0.1, 0.15) is 63.8 Å². The minimum absolute atomic E-state index is 0.00626. The molecule has 0 saturated heterocycles. The van der Waals surface area contributed by atoms with E-state index in [4.69, 9.17) is 4.74 Å². The number of aromatic hydroxyl groups is 1. The minimum atomic E-state index is -1.15. The zero-order valence-electron chi connectivity index (χ0n) is 23.4. The summed E-state index contributed by atoms with van der Waals surface area (Å²) >= 11 is 0. The Kier molecular flexibility index (Phi) is 10.7. The Morgan fingerprint density at radius 3 is 2.11 bits per heavy atom. The fourth-order valence-corrected chi connectivity index (χ4v) is 4.10. The Morgan fingerprint density at radius 2 is 1.61 bits per heavy atom. The molecule has 0 radical (unpaired) electrons. The van der Waals surface area contributed by atoms with Gasteiger partial charge in [-0.25, -0.2) is 4.79 Å². The van der Waals surface area contributed by atoms with E-state index >= 15 is 0 Å². The number of carbonyl (C=O) groups is 3. The van der Waals surface area contributed by atoms with E-state index < -0.39 is 42.2 Å². The number of phenols is 1. The molecule has 9 nitrogen and oxygen atoms in total. The Labute approximate surface area is 225 Å². The van der Waals surface area contributed by atoms with Gasteiger partial charge in [0.05, 0.1) is 6.61 Å². The van der Waals surface area contributed by atoms with Gasteiger partial charge in [-0.05, 0) is 69.4 Å².